The van der Waals surface area contributed by atoms with Gasteiger partial charge in [0.05, 0.1) is 17.5 Å². The van der Waals surface area contributed by atoms with Gasteiger partial charge in [0.15, 0.2) is 0 Å². The van der Waals surface area contributed by atoms with Crippen molar-refractivity contribution < 1.29 is 13.2 Å². The number of rotatable bonds is 5. The molecule has 2 aliphatic carbocycles. The summed E-state index contributed by atoms with van der Waals surface area (Å²) < 4.78 is 28.8. The Morgan fingerprint density at radius 3 is 2.81 bits per heavy atom. The zero-order valence-corrected chi connectivity index (χ0v) is 12.9. The minimum absolute atomic E-state index is 0.240. The van der Waals surface area contributed by atoms with Gasteiger partial charge in [-0.1, -0.05) is 13.3 Å². The van der Waals surface area contributed by atoms with Crippen molar-refractivity contribution in [1.29, 1.82) is 0 Å². The van der Waals surface area contributed by atoms with Crippen LogP contribution in [-0.4, -0.2) is 29.1 Å². The van der Waals surface area contributed by atoms with Crippen molar-refractivity contribution in [3.63, 3.8) is 0 Å². The van der Waals surface area contributed by atoms with E-state index in [0.717, 1.165) is 19.3 Å². The van der Waals surface area contributed by atoms with Gasteiger partial charge in [0.1, 0.15) is 0 Å². The van der Waals surface area contributed by atoms with Crippen LogP contribution in [0, 0.1) is 17.8 Å². The van der Waals surface area contributed by atoms with Crippen LogP contribution in [0.25, 0.3) is 0 Å². The molecule has 1 aromatic heterocycles. The molecule has 21 heavy (non-hydrogen) atoms. The molecule has 0 saturated heterocycles. The zero-order chi connectivity index (χ0) is 15.0. The molecule has 6 nitrogen and oxygen atoms in total. The number of nitrogens with one attached hydrogen (secondary N) is 1. The molecule has 0 aliphatic heterocycles. The van der Waals surface area contributed by atoms with Crippen molar-refractivity contribution in [2.24, 2.45) is 17.8 Å². The lowest BCUT2D eigenvalue weighted by Gasteiger charge is -2.23. The van der Waals surface area contributed by atoms with Crippen molar-refractivity contribution >= 4 is 15.9 Å². The van der Waals surface area contributed by atoms with Crippen LogP contribution in [0.5, 0.6) is 0 Å². The smallest absolute Gasteiger partial charge is 0.238 e. The second kappa shape index (κ2) is 5.44. The van der Waals surface area contributed by atoms with Crippen molar-refractivity contribution in [3.8, 4) is 0 Å². The van der Waals surface area contributed by atoms with E-state index in [2.05, 4.69) is 9.71 Å². The largest absolute Gasteiger partial charge is 0.337 e. The second-order valence-corrected chi connectivity index (χ2v) is 8.28. The van der Waals surface area contributed by atoms with Crippen molar-refractivity contribution in [3.05, 3.63) is 18.7 Å². The molecule has 0 aromatic carbocycles. The number of hydrogen-bond donors (Lipinski definition) is 1. The number of imidazole rings is 1. The summed E-state index contributed by atoms with van der Waals surface area (Å²) in [5.74, 6) is -0.0571. The molecular formula is C14H21N3O3S. The fraction of sp³-hybridized carbons (Fsp3) is 0.714. The molecule has 2 saturated carbocycles. The summed E-state index contributed by atoms with van der Waals surface area (Å²) in [6, 6.07) is 0. The lowest BCUT2D eigenvalue weighted by Crippen LogP contribution is -2.43. The van der Waals surface area contributed by atoms with Gasteiger partial charge in [0.2, 0.25) is 15.9 Å². The Morgan fingerprint density at radius 1 is 1.43 bits per heavy atom. The molecule has 3 rings (SSSR count). The first-order chi connectivity index (χ1) is 9.95. The Morgan fingerprint density at radius 2 is 2.24 bits per heavy atom. The summed E-state index contributed by atoms with van der Waals surface area (Å²) in [4.78, 5) is 16.0. The highest BCUT2D eigenvalue weighted by molar-refractivity contribution is 7.90. The number of carbonyl (C=O) groups is 1. The van der Waals surface area contributed by atoms with E-state index in [4.69, 9.17) is 0 Å². The van der Waals surface area contributed by atoms with Gasteiger partial charge in [-0.15, -0.1) is 0 Å². The monoisotopic (exact) mass is 311 g/mol. The van der Waals surface area contributed by atoms with Gasteiger partial charge in [-0.05, 0) is 31.1 Å². The molecule has 1 amide bonds. The Kier molecular flexibility index (Phi) is 3.77. The van der Waals surface area contributed by atoms with Gasteiger partial charge in [-0.3, -0.25) is 9.52 Å². The summed E-state index contributed by atoms with van der Waals surface area (Å²) >= 11 is 0. The molecule has 116 valence electrons. The molecular weight excluding hydrogens is 290 g/mol. The molecule has 1 heterocycles. The Labute approximate surface area is 125 Å². The van der Waals surface area contributed by atoms with Crippen molar-refractivity contribution in [1.82, 2.24) is 14.3 Å². The van der Waals surface area contributed by atoms with Crippen LogP contribution < -0.4 is 4.72 Å². The highest BCUT2D eigenvalue weighted by atomic mass is 32.2. The molecule has 2 aliphatic rings. The second-order valence-electron chi connectivity index (χ2n) is 6.39. The third-order valence-electron chi connectivity index (χ3n) is 4.81. The normalized spacial score (nSPS) is 29.5. The summed E-state index contributed by atoms with van der Waals surface area (Å²) in [5, 5.41) is -0.374. The highest BCUT2D eigenvalue weighted by Crippen LogP contribution is 2.47. The maximum Gasteiger partial charge on any atom is 0.238 e. The fourth-order valence-electron chi connectivity index (χ4n) is 3.68. The first-order valence-electron chi connectivity index (χ1n) is 7.47. The lowest BCUT2D eigenvalue weighted by molar-refractivity contribution is -0.123. The predicted molar refractivity (Wildman–Crippen MR) is 77.7 cm³/mol. The van der Waals surface area contributed by atoms with Crippen LogP contribution in [0.4, 0.5) is 0 Å². The van der Waals surface area contributed by atoms with E-state index >= 15 is 0 Å². The lowest BCUT2D eigenvalue weighted by atomic mass is 10.0. The van der Waals surface area contributed by atoms with E-state index in [1.165, 1.54) is 0 Å². The third-order valence-corrected chi connectivity index (χ3v) is 6.67. The van der Waals surface area contributed by atoms with Crippen LogP contribution in [0.1, 0.15) is 32.6 Å². The standard InChI is InChI=1S/C14H21N3O3S/c1-10(8-17-5-4-15-9-17)14(18)16-21(19,20)13-7-11-2-3-12(13)6-11/h4-5,9-13H,2-3,6-8H2,1H3,(H,16,18)/t10?,11-,12+,13?/m1/s1. The molecule has 1 N–H and O–H groups in total. The van der Waals surface area contributed by atoms with Crippen LogP contribution in [0.2, 0.25) is 0 Å². The van der Waals surface area contributed by atoms with E-state index in [1.807, 2.05) is 0 Å². The van der Waals surface area contributed by atoms with Crippen molar-refractivity contribution in [2.45, 2.75) is 44.4 Å². The van der Waals surface area contributed by atoms with E-state index < -0.39 is 21.8 Å². The Bertz CT molecular complexity index is 611. The van der Waals surface area contributed by atoms with E-state index in [1.54, 1.807) is 30.2 Å². The van der Waals surface area contributed by atoms with Gasteiger partial charge in [0.25, 0.3) is 0 Å². The average Bonchev–Trinajstić information content (AvgIpc) is 3.15. The van der Waals surface area contributed by atoms with E-state index in [-0.39, 0.29) is 11.2 Å². The topological polar surface area (TPSA) is 81.1 Å². The minimum atomic E-state index is -3.54. The summed E-state index contributed by atoms with van der Waals surface area (Å²) in [7, 11) is -3.54. The summed E-state index contributed by atoms with van der Waals surface area (Å²) in [6.45, 7) is 2.16. The van der Waals surface area contributed by atoms with Gasteiger partial charge >= 0.3 is 0 Å². The molecule has 7 heteroatoms. The maximum absolute atomic E-state index is 12.4. The number of nitrogens with zero attached hydrogens (tertiary/aromatic N) is 2. The molecule has 1 aromatic rings. The maximum atomic E-state index is 12.4. The van der Waals surface area contributed by atoms with Crippen LogP contribution >= 0.6 is 0 Å². The predicted octanol–water partition coefficient (Wildman–Crippen LogP) is 1.15. The molecule has 0 spiro atoms. The first kappa shape index (κ1) is 14.6. The summed E-state index contributed by atoms with van der Waals surface area (Å²) in [5.41, 5.74) is 0. The number of amides is 1. The zero-order valence-electron chi connectivity index (χ0n) is 12.1. The number of carbonyl (C=O) groups excluding carboxylic acids is 1. The van der Waals surface area contributed by atoms with Gasteiger partial charge in [-0.25, -0.2) is 13.4 Å². The fourth-order valence-corrected chi connectivity index (χ4v) is 5.59. The first-order valence-corrected chi connectivity index (χ1v) is 9.01. The number of fused-ring (bicyclic) bond motifs is 2. The quantitative estimate of drug-likeness (QED) is 0.884. The summed E-state index contributed by atoms with van der Waals surface area (Å²) in [6.07, 6.45) is 8.85. The molecule has 0 radical (unpaired) electrons. The number of aromatic nitrogens is 2. The van der Waals surface area contributed by atoms with E-state index in [0.29, 0.717) is 18.9 Å². The molecule has 2 fully saturated rings. The minimum Gasteiger partial charge on any atom is -0.337 e. The van der Waals surface area contributed by atoms with E-state index in [9.17, 15) is 13.2 Å². The number of hydrogen-bond acceptors (Lipinski definition) is 4. The van der Waals surface area contributed by atoms with Crippen LogP contribution in [0.3, 0.4) is 0 Å². The van der Waals surface area contributed by atoms with Gasteiger partial charge in [-0.2, -0.15) is 0 Å². The average molecular weight is 311 g/mol. The van der Waals surface area contributed by atoms with Crippen LogP contribution in [0.15, 0.2) is 18.7 Å². The van der Waals surface area contributed by atoms with Crippen molar-refractivity contribution in [2.75, 3.05) is 0 Å². The SMILES string of the molecule is CC(Cn1ccnc1)C(=O)NS(=O)(=O)C1C[C@@H]2CC[C@H]1C2. The Balaban J connectivity index is 1.61. The number of sulfonamides is 1. The van der Waals surface area contributed by atoms with Crippen LogP contribution in [-0.2, 0) is 21.4 Å². The molecule has 4 atom stereocenters. The molecule has 2 unspecified atom stereocenters. The van der Waals surface area contributed by atoms with Gasteiger partial charge in [0, 0.05) is 18.9 Å². The third kappa shape index (κ3) is 2.97. The van der Waals surface area contributed by atoms with Gasteiger partial charge < -0.3 is 4.57 Å². The Hall–Kier alpha value is -1.37. The molecule has 2 bridgehead atoms. The highest BCUT2D eigenvalue weighted by Gasteiger charge is 2.46.